The highest BCUT2D eigenvalue weighted by Crippen LogP contribution is 2.57. The first-order chi connectivity index (χ1) is 9.08. The van der Waals surface area contributed by atoms with Gasteiger partial charge in [0.2, 0.25) is 5.91 Å². The molecule has 19 heavy (non-hydrogen) atoms. The van der Waals surface area contributed by atoms with Gasteiger partial charge in [0.1, 0.15) is 0 Å². The van der Waals surface area contributed by atoms with Crippen LogP contribution in [0, 0.1) is 29.6 Å². The number of β-amino-alcohol motifs (C(OH)–C–C–N with tert-alkyl or cyclic N) is 1. The first-order valence-electron chi connectivity index (χ1n) is 8.09. The van der Waals surface area contributed by atoms with E-state index in [4.69, 9.17) is 0 Å². The molecule has 4 saturated carbocycles. The number of rotatable bonds is 2. The highest BCUT2D eigenvalue weighted by atomic mass is 16.3. The number of nitrogens with zero attached hydrogens (tertiary/aromatic N) is 1. The van der Waals surface area contributed by atoms with Gasteiger partial charge in [-0.15, -0.1) is 0 Å². The number of carbonyl (C=O) groups excluding carboxylic acids is 1. The fraction of sp³-hybridized carbons (Fsp3) is 0.938. The van der Waals surface area contributed by atoms with Gasteiger partial charge in [-0.2, -0.15) is 0 Å². The van der Waals surface area contributed by atoms with Crippen LogP contribution in [0.4, 0.5) is 0 Å². The summed E-state index contributed by atoms with van der Waals surface area (Å²) in [7, 11) is 0. The number of carbonyl (C=O) groups is 1. The number of hydrogen-bond acceptors (Lipinski definition) is 2. The monoisotopic (exact) mass is 263 g/mol. The smallest absolute Gasteiger partial charge is 0.226 e. The molecule has 1 N–H and O–H groups in total. The van der Waals surface area contributed by atoms with Crippen molar-refractivity contribution in [1.29, 1.82) is 0 Å². The fourth-order valence-electron chi connectivity index (χ4n) is 5.58. The maximum absolute atomic E-state index is 12.7. The summed E-state index contributed by atoms with van der Waals surface area (Å²) < 4.78 is 0. The van der Waals surface area contributed by atoms with Crippen LogP contribution in [-0.4, -0.2) is 34.6 Å². The first-order valence-corrected chi connectivity index (χ1v) is 8.09. The van der Waals surface area contributed by atoms with Crippen molar-refractivity contribution in [2.45, 2.75) is 51.0 Å². The summed E-state index contributed by atoms with van der Waals surface area (Å²) in [6.45, 7) is 3.15. The topological polar surface area (TPSA) is 40.5 Å². The zero-order valence-corrected chi connectivity index (χ0v) is 11.8. The van der Waals surface area contributed by atoms with Gasteiger partial charge < -0.3 is 10.0 Å². The Hall–Kier alpha value is -0.570. The third-order valence-electron chi connectivity index (χ3n) is 6.45. The fourth-order valence-corrected chi connectivity index (χ4v) is 5.58. The molecule has 0 unspecified atom stereocenters. The number of aliphatic hydroxyl groups is 1. The van der Waals surface area contributed by atoms with E-state index in [1.807, 2.05) is 11.8 Å². The van der Waals surface area contributed by atoms with Gasteiger partial charge in [0.15, 0.2) is 0 Å². The normalized spacial score (nSPS) is 46.2. The maximum Gasteiger partial charge on any atom is 0.226 e. The van der Waals surface area contributed by atoms with Crippen LogP contribution in [0.15, 0.2) is 0 Å². The lowest BCUT2D eigenvalue weighted by Crippen LogP contribution is -2.66. The van der Waals surface area contributed by atoms with Crippen LogP contribution in [0.25, 0.3) is 0 Å². The standard InChI is InChI=1S/C16H25NO2/c1-2-16(19)8-17(9-16)15(18)14-12-4-10-3-11(6-12)7-13(14)5-10/h10-14,19H,2-9H2,1H3. The van der Waals surface area contributed by atoms with Gasteiger partial charge in [0, 0.05) is 5.92 Å². The van der Waals surface area contributed by atoms with Crippen molar-refractivity contribution < 1.29 is 9.90 Å². The molecular weight excluding hydrogens is 238 g/mol. The zero-order valence-electron chi connectivity index (χ0n) is 11.8. The van der Waals surface area contributed by atoms with Crippen molar-refractivity contribution >= 4 is 5.91 Å². The summed E-state index contributed by atoms with van der Waals surface area (Å²) in [5, 5.41) is 10.1. The molecule has 4 bridgehead atoms. The molecule has 5 rings (SSSR count). The Morgan fingerprint density at radius 3 is 2.11 bits per heavy atom. The van der Waals surface area contributed by atoms with Crippen molar-refractivity contribution in [1.82, 2.24) is 4.90 Å². The number of hydrogen-bond donors (Lipinski definition) is 1. The average Bonchev–Trinajstić information content (AvgIpc) is 2.33. The SMILES string of the molecule is CCC1(O)CN(C(=O)C2C3CC4CC(C3)CC2C4)C1. The molecule has 3 heteroatoms. The van der Waals surface area contributed by atoms with Gasteiger partial charge in [0.05, 0.1) is 18.7 Å². The van der Waals surface area contributed by atoms with Crippen LogP contribution in [0.2, 0.25) is 0 Å². The first kappa shape index (κ1) is 12.2. The molecule has 106 valence electrons. The lowest BCUT2D eigenvalue weighted by molar-refractivity contribution is -0.171. The summed E-state index contributed by atoms with van der Waals surface area (Å²) in [5.41, 5.74) is -0.582. The van der Waals surface area contributed by atoms with Crippen LogP contribution < -0.4 is 0 Å². The van der Waals surface area contributed by atoms with Gasteiger partial charge in [-0.25, -0.2) is 0 Å². The predicted molar refractivity (Wildman–Crippen MR) is 72.4 cm³/mol. The third-order valence-corrected chi connectivity index (χ3v) is 6.45. The van der Waals surface area contributed by atoms with Crippen LogP contribution in [0.1, 0.15) is 45.4 Å². The second-order valence-electron chi connectivity index (χ2n) is 7.73. The van der Waals surface area contributed by atoms with E-state index in [9.17, 15) is 9.90 Å². The molecule has 0 aromatic rings. The lowest BCUT2D eigenvalue weighted by Gasteiger charge is -2.56. The molecule has 3 nitrogen and oxygen atoms in total. The second-order valence-corrected chi connectivity index (χ2v) is 7.73. The van der Waals surface area contributed by atoms with E-state index in [0.717, 1.165) is 18.3 Å². The minimum Gasteiger partial charge on any atom is -0.386 e. The quantitative estimate of drug-likeness (QED) is 0.828. The molecule has 1 heterocycles. The Labute approximate surface area is 115 Å². The van der Waals surface area contributed by atoms with Crippen LogP contribution in [0.3, 0.4) is 0 Å². The molecule has 4 aliphatic carbocycles. The molecule has 0 radical (unpaired) electrons. The van der Waals surface area contributed by atoms with Crippen LogP contribution in [0.5, 0.6) is 0 Å². The van der Waals surface area contributed by atoms with Crippen molar-refractivity contribution in [3.05, 3.63) is 0 Å². The summed E-state index contributed by atoms with van der Waals surface area (Å²) in [4.78, 5) is 14.7. The van der Waals surface area contributed by atoms with Crippen molar-refractivity contribution in [2.75, 3.05) is 13.1 Å². The van der Waals surface area contributed by atoms with Gasteiger partial charge in [-0.05, 0) is 62.2 Å². The van der Waals surface area contributed by atoms with E-state index >= 15 is 0 Å². The van der Waals surface area contributed by atoms with E-state index in [0.29, 0.717) is 36.8 Å². The van der Waals surface area contributed by atoms with E-state index in [2.05, 4.69) is 0 Å². The molecular formula is C16H25NO2. The van der Waals surface area contributed by atoms with Crippen LogP contribution in [-0.2, 0) is 4.79 Å². The molecule has 0 atom stereocenters. The van der Waals surface area contributed by atoms with Crippen molar-refractivity contribution in [2.24, 2.45) is 29.6 Å². The van der Waals surface area contributed by atoms with Gasteiger partial charge in [-0.1, -0.05) is 6.92 Å². The van der Waals surface area contributed by atoms with Crippen molar-refractivity contribution in [3.8, 4) is 0 Å². The van der Waals surface area contributed by atoms with Gasteiger partial charge in [-0.3, -0.25) is 4.79 Å². The summed E-state index contributed by atoms with van der Waals surface area (Å²) >= 11 is 0. The van der Waals surface area contributed by atoms with Gasteiger partial charge in [0.25, 0.3) is 0 Å². The Morgan fingerprint density at radius 1 is 1.11 bits per heavy atom. The Balaban J connectivity index is 1.47. The molecule has 0 aromatic heterocycles. The van der Waals surface area contributed by atoms with E-state index in [-0.39, 0.29) is 0 Å². The second kappa shape index (κ2) is 3.97. The van der Waals surface area contributed by atoms with E-state index < -0.39 is 5.60 Å². The highest BCUT2D eigenvalue weighted by molar-refractivity contribution is 5.81. The summed E-state index contributed by atoms with van der Waals surface area (Å²) in [6.07, 6.45) is 7.40. The molecule has 1 amide bonds. The van der Waals surface area contributed by atoms with Crippen LogP contribution >= 0.6 is 0 Å². The van der Waals surface area contributed by atoms with E-state index in [1.165, 1.54) is 32.1 Å². The number of amides is 1. The maximum atomic E-state index is 12.7. The molecule has 0 spiro atoms. The minimum atomic E-state index is -0.582. The molecule has 0 aromatic carbocycles. The molecule has 5 aliphatic rings. The largest absolute Gasteiger partial charge is 0.386 e. The highest BCUT2D eigenvalue weighted by Gasteiger charge is 2.53. The molecule has 1 aliphatic heterocycles. The average molecular weight is 263 g/mol. The molecule has 1 saturated heterocycles. The van der Waals surface area contributed by atoms with Crippen molar-refractivity contribution in [3.63, 3.8) is 0 Å². The Kier molecular flexibility index (Phi) is 2.55. The van der Waals surface area contributed by atoms with E-state index in [1.54, 1.807) is 0 Å². The summed E-state index contributed by atoms with van der Waals surface area (Å²) in [6, 6.07) is 0. The molecule has 5 fully saturated rings. The lowest BCUT2D eigenvalue weighted by atomic mass is 9.51. The Bertz CT molecular complexity index is 372. The number of likely N-dealkylation sites (tertiary alicyclic amines) is 1. The zero-order chi connectivity index (χ0) is 13.2. The third kappa shape index (κ3) is 1.77. The Morgan fingerprint density at radius 2 is 1.63 bits per heavy atom. The van der Waals surface area contributed by atoms with Gasteiger partial charge >= 0.3 is 0 Å². The minimum absolute atomic E-state index is 0.300. The summed E-state index contributed by atoms with van der Waals surface area (Å²) in [5.74, 6) is 3.85. The predicted octanol–water partition coefficient (Wildman–Crippen LogP) is 2.04.